The summed E-state index contributed by atoms with van der Waals surface area (Å²) < 4.78 is 11.0. The molecule has 0 bridgehead atoms. The van der Waals surface area contributed by atoms with Gasteiger partial charge in [0.25, 0.3) is 0 Å². The minimum atomic E-state index is -0.0480. The van der Waals surface area contributed by atoms with Crippen molar-refractivity contribution >= 4 is 5.97 Å². The standard InChI is InChI=1S/C17H32O3/c1-6-19-16(18)11-14(8-7-13(2)3)15-9-10-20-17(4,5)12-15/h13-15H,6-12H2,1-5H3/t14-,15+/m0/s1. The molecule has 1 saturated heterocycles. The molecule has 1 rings (SSSR count). The molecule has 0 aromatic rings. The van der Waals surface area contributed by atoms with Gasteiger partial charge in [-0.2, -0.15) is 0 Å². The van der Waals surface area contributed by atoms with Crippen molar-refractivity contribution in [1.82, 2.24) is 0 Å². The minimum Gasteiger partial charge on any atom is -0.466 e. The summed E-state index contributed by atoms with van der Waals surface area (Å²) in [6.45, 7) is 12.0. The van der Waals surface area contributed by atoms with Crippen LogP contribution in [0.4, 0.5) is 0 Å². The number of ether oxygens (including phenoxy) is 2. The largest absolute Gasteiger partial charge is 0.466 e. The maximum Gasteiger partial charge on any atom is 0.306 e. The molecule has 3 nitrogen and oxygen atoms in total. The second-order valence-electron chi connectivity index (χ2n) is 7.10. The van der Waals surface area contributed by atoms with Crippen LogP contribution >= 0.6 is 0 Å². The third-order valence-corrected chi connectivity index (χ3v) is 4.25. The lowest BCUT2D eigenvalue weighted by molar-refractivity contribution is -0.146. The van der Waals surface area contributed by atoms with Crippen molar-refractivity contribution in [2.24, 2.45) is 17.8 Å². The van der Waals surface area contributed by atoms with Crippen LogP contribution < -0.4 is 0 Å². The first-order chi connectivity index (χ1) is 9.34. The van der Waals surface area contributed by atoms with Crippen molar-refractivity contribution in [2.45, 2.75) is 72.3 Å². The molecule has 0 aromatic heterocycles. The second kappa shape index (κ2) is 8.02. The third kappa shape index (κ3) is 6.25. The number of esters is 1. The van der Waals surface area contributed by atoms with Crippen LogP contribution in [0, 0.1) is 17.8 Å². The first-order valence-corrected chi connectivity index (χ1v) is 8.13. The highest BCUT2D eigenvalue weighted by Gasteiger charge is 2.34. The Morgan fingerprint density at radius 1 is 1.35 bits per heavy atom. The molecule has 0 unspecified atom stereocenters. The molecule has 0 radical (unpaired) electrons. The van der Waals surface area contributed by atoms with Crippen LogP contribution in [0.3, 0.4) is 0 Å². The number of carbonyl (C=O) groups excluding carboxylic acids is 1. The first kappa shape index (κ1) is 17.5. The van der Waals surface area contributed by atoms with Crippen LogP contribution in [0.15, 0.2) is 0 Å². The van der Waals surface area contributed by atoms with E-state index in [0.29, 0.717) is 30.8 Å². The average molecular weight is 284 g/mol. The molecule has 2 atom stereocenters. The summed E-state index contributed by atoms with van der Waals surface area (Å²) in [5, 5.41) is 0. The summed E-state index contributed by atoms with van der Waals surface area (Å²) in [6, 6.07) is 0. The lowest BCUT2D eigenvalue weighted by Gasteiger charge is -2.39. The number of hydrogen-bond acceptors (Lipinski definition) is 3. The lowest BCUT2D eigenvalue weighted by Crippen LogP contribution is -2.37. The van der Waals surface area contributed by atoms with Crippen LogP contribution in [0.1, 0.15) is 66.7 Å². The molecule has 0 aromatic carbocycles. The van der Waals surface area contributed by atoms with E-state index in [0.717, 1.165) is 25.9 Å². The first-order valence-electron chi connectivity index (χ1n) is 8.13. The van der Waals surface area contributed by atoms with Gasteiger partial charge in [0.15, 0.2) is 0 Å². The summed E-state index contributed by atoms with van der Waals surface area (Å²) in [5.41, 5.74) is -0.0480. The zero-order valence-corrected chi connectivity index (χ0v) is 13.9. The molecule has 0 aliphatic carbocycles. The fourth-order valence-electron chi connectivity index (χ4n) is 3.17. The Morgan fingerprint density at radius 2 is 2.05 bits per heavy atom. The van der Waals surface area contributed by atoms with E-state index in [2.05, 4.69) is 27.7 Å². The molecule has 1 fully saturated rings. The Kier molecular flexibility index (Phi) is 7.01. The Bertz CT molecular complexity index is 297. The molecule has 0 amide bonds. The molecule has 118 valence electrons. The van der Waals surface area contributed by atoms with E-state index in [1.54, 1.807) is 0 Å². The summed E-state index contributed by atoms with van der Waals surface area (Å²) in [5.74, 6) is 1.68. The van der Waals surface area contributed by atoms with Crippen molar-refractivity contribution < 1.29 is 14.3 Å². The number of rotatable bonds is 7. The average Bonchev–Trinajstić information content (AvgIpc) is 2.33. The van der Waals surface area contributed by atoms with E-state index in [9.17, 15) is 4.79 Å². The van der Waals surface area contributed by atoms with Crippen molar-refractivity contribution in [2.75, 3.05) is 13.2 Å². The molecule has 0 N–H and O–H groups in total. The summed E-state index contributed by atoms with van der Waals surface area (Å²) in [4.78, 5) is 11.8. The van der Waals surface area contributed by atoms with Crippen LogP contribution in [-0.2, 0) is 14.3 Å². The lowest BCUT2D eigenvalue weighted by atomic mass is 9.75. The highest BCUT2D eigenvalue weighted by molar-refractivity contribution is 5.69. The summed E-state index contributed by atoms with van der Waals surface area (Å²) in [7, 11) is 0. The maximum atomic E-state index is 11.8. The van der Waals surface area contributed by atoms with Gasteiger partial charge in [0, 0.05) is 13.0 Å². The van der Waals surface area contributed by atoms with Crippen molar-refractivity contribution in [1.29, 1.82) is 0 Å². The fraction of sp³-hybridized carbons (Fsp3) is 0.941. The van der Waals surface area contributed by atoms with E-state index >= 15 is 0 Å². The van der Waals surface area contributed by atoms with Crippen LogP contribution in [0.2, 0.25) is 0 Å². The van der Waals surface area contributed by atoms with E-state index in [-0.39, 0.29) is 11.6 Å². The van der Waals surface area contributed by atoms with Crippen LogP contribution in [-0.4, -0.2) is 24.8 Å². The smallest absolute Gasteiger partial charge is 0.306 e. The van der Waals surface area contributed by atoms with E-state index in [1.165, 1.54) is 6.42 Å². The minimum absolute atomic E-state index is 0.0365. The Balaban J connectivity index is 2.62. The van der Waals surface area contributed by atoms with Crippen LogP contribution in [0.5, 0.6) is 0 Å². The van der Waals surface area contributed by atoms with E-state index in [4.69, 9.17) is 9.47 Å². The maximum absolute atomic E-state index is 11.8. The Morgan fingerprint density at radius 3 is 2.60 bits per heavy atom. The second-order valence-corrected chi connectivity index (χ2v) is 7.10. The van der Waals surface area contributed by atoms with Crippen LogP contribution in [0.25, 0.3) is 0 Å². The zero-order chi connectivity index (χ0) is 15.2. The van der Waals surface area contributed by atoms with Gasteiger partial charge in [-0.15, -0.1) is 0 Å². The molecule has 20 heavy (non-hydrogen) atoms. The molecule has 1 heterocycles. The molecule has 1 aliphatic heterocycles. The van der Waals surface area contributed by atoms with Gasteiger partial charge in [-0.3, -0.25) is 4.79 Å². The van der Waals surface area contributed by atoms with Gasteiger partial charge in [0.1, 0.15) is 0 Å². The predicted molar refractivity (Wildman–Crippen MR) is 81.6 cm³/mol. The van der Waals surface area contributed by atoms with Gasteiger partial charge >= 0.3 is 5.97 Å². The number of carbonyl (C=O) groups is 1. The summed E-state index contributed by atoms with van der Waals surface area (Å²) >= 11 is 0. The van der Waals surface area contributed by atoms with Gasteiger partial charge in [-0.1, -0.05) is 20.3 Å². The summed E-state index contributed by atoms with van der Waals surface area (Å²) in [6.07, 6.45) is 5.00. The van der Waals surface area contributed by atoms with E-state index in [1.807, 2.05) is 6.92 Å². The third-order valence-electron chi connectivity index (χ3n) is 4.25. The molecule has 3 heteroatoms. The topological polar surface area (TPSA) is 35.5 Å². The Hall–Kier alpha value is -0.570. The highest BCUT2D eigenvalue weighted by atomic mass is 16.5. The highest BCUT2D eigenvalue weighted by Crippen LogP contribution is 2.37. The Labute approximate surface area is 124 Å². The van der Waals surface area contributed by atoms with Gasteiger partial charge in [-0.05, 0) is 57.8 Å². The van der Waals surface area contributed by atoms with Crippen molar-refractivity contribution in [3.8, 4) is 0 Å². The molecule has 0 saturated carbocycles. The quantitative estimate of drug-likeness (QED) is 0.657. The fourth-order valence-corrected chi connectivity index (χ4v) is 3.17. The molecular weight excluding hydrogens is 252 g/mol. The van der Waals surface area contributed by atoms with Gasteiger partial charge in [0.2, 0.25) is 0 Å². The predicted octanol–water partition coefficient (Wildman–Crippen LogP) is 4.20. The normalized spacial score (nSPS) is 23.6. The van der Waals surface area contributed by atoms with E-state index < -0.39 is 0 Å². The van der Waals surface area contributed by atoms with Crippen molar-refractivity contribution in [3.05, 3.63) is 0 Å². The monoisotopic (exact) mass is 284 g/mol. The molecule has 0 spiro atoms. The zero-order valence-electron chi connectivity index (χ0n) is 13.9. The van der Waals surface area contributed by atoms with Gasteiger partial charge in [0.05, 0.1) is 12.2 Å². The molecular formula is C17H32O3. The number of hydrogen-bond donors (Lipinski definition) is 0. The van der Waals surface area contributed by atoms with Gasteiger partial charge < -0.3 is 9.47 Å². The SMILES string of the molecule is CCOC(=O)C[C@H](CCC(C)C)[C@@H]1CCOC(C)(C)C1. The van der Waals surface area contributed by atoms with Gasteiger partial charge in [-0.25, -0.2) is 0 Å². The molecule has 1 aliphatic rings. The van der Waals surface area contributed by atoms with Crippen molar-refractivity contribution in [3.63, 3.8) is 0 Å².